The Hall–Kier alpha value is -2.50. The molecule has 3 rings (SSSR count). The average Bonchev–Trinajstić information content (AvgIpc) is 2.60. The number of rotatable bonds is 6. The molecule has 0 atom stereocenters. The van der Waals surface area contributed by atoms with Crippen LogP contribution in [0.5, 0.6) is 5.75 Å². The highest BCUT2D eigenvalue weighted by molar-refractivity contribution is 6.35. The van der Waals surface area contributed by atoms with E-state index in [4.69, 9.17) is 27.9 Å². The topological polar surface area (TPSA) is 59.1 Å². The van der Waals surface area contributed by atoms with Crippen molar-refractivity contribution in [2.45, 2.75) is 6.92 Å². The van der Waals surface area contributed by atoms with Gasteiger partial charge in [-0.25, -0.2) is 4.98 Å². The van der Waals surface area contributed by atoms with E-state index in [0.717, 1.165) is 11.4 Å². The third-order valence-corrected chi connectivity index (χ3v) is 3.83. The molecular weight excluding hydrogens is 359 g/mol. The van der Waals surface area contributed by atoms with E-state index in [1.807, 2.05) is 31.2 Å². The van der Waals surface area contributed by atoms with Crippen molar-refractivity contribution in [3.63, 3.8) is 0 Å². The van der Waals surface area contributed by atoms with Gasteiger partial charge in [0.25, 0.3) is 0 Å². The maximum atomic E-state index is 6.16. The zero-order valence-corrected chi connectivity index (χ0v) is 15.0. The molecule has 0 amide bonds. The zero-order chi connectivity index (χ0) is 17.6. The minimum Gasteiger partial charge on any atom is -0.494 e. The number of benzene rings is 2. The number of nitrogens with zero attached hydrogens (tertiary/aromatic N) is 2. The highest BCUT2D eigenvalue weighted by atomic mass is 35.5. The van der Waals surface area contributed by atoms with Crippen LogP contribution in [0.1, 0.15) is 6.92 Å². The Kier molecular flexibility index (Phi) is 5.58. The van der Waals surface area contributed by atoms with Crippen molar-refractivity contribution in [1.29, 1.82) is 0 Å². The highest BCUT2D eigenvalue weighted by Gasteiger charge is 2.05. The summed E-state index contributed by atoms with van der Waals surface area (Å²) >= 11 is 12.2. The number of anilines is 4. The maximum absolute atomic E-state index is 6.16. The Labute approximate surface area is 156 Å². The fourth-order valence-corrected chi connectivity index (χ4v) is 2.49. The number of aromatic nitrogens is 2. The van der Waals surface area contributed by atoms with Crippen molar-refractivity contribution in [2.75, 3.05) is 17.2 Å². The molecule has 0 unspecified atom stereocenters. The van der Waals surface area contributed by atoms with E-state index in [9.17, 15) is 0 Å². The summed E-state index contributed by atoms with van der Waals surface area (Å²) in [7, 11) is 0. The maximum Gasteiger partial charge on any atom is 0.229 e. The molecule has 0 bridgehead atoms. The second kappa shape index (κ2) is 8.05. The minimum atomic E-state index is 0.465. The predicted octanol–water partition coefficient (Wildman–Crippen LogP) is 5.67. The zero-order valence-electron chi connectivity index (χ0n) is 13.5. The van der Waals surface area contributed by atoms with E-state index in [1.165, 1.54) is 0 Å². The van der Waals surface area contributed by atoms with Gasteiger partial charge >= 0.3 is 0 Å². The first-order chi connectivity index (χ1) is 12.1. The fourth-order valence-electron chi connectivity index (χ4n) is 2.15. The largest absolute Gasteiger partial charge is 0.494 e. The lowest BCUT2D eigenvalue weighted by atomic mass is 10.3. The molecule has 0 aliphatic carbocycles. The first kappa shape index (κ1) is 17.3. The van der Waals surface area contributed by atoms with Gasteiger partial charge in [0.1, 0.15) is 11.6 Å². The number of ether oxygens (including phenoxy) is 1. The Morgan fingerprint density at radius 2 is 1.80 bits per heavy atom. The van der Waals surface area contributed by atoms with E-state index in [1.54, 1.807) is 30.5 Å². The minimum absolute atomic E-state index is 0.465. The van der Waals surface area contributed by atoms with Crippen LogP contribution in [0.4, 0.5) is 23.1 Å². The lowest BCUT2D eigenvalue weighted by Crippen LogP contribution is -2.00. The number of nitrogens with one attached hydrogen (secondary N) is 2. The van der Waals surface area contributed by atoms with Crippen LogP contribution in [0, 0.1) is 0 Å². The van der Waals surface area contributed by atoms with Crippen LogP contribution in [0.3, 0.4) is 0 Å². The van der Waals surface area contributed by atoms with Crippen molar-refractivity contribution in [1.82, 2.24) is 9.97 Å². The SMILES string of the molecule is CCOc1ccc(Nc2nccc(Nc3cc(Cl)ccc3Cl)n2)cc1. The van der Waals surface area contributed by atoms with E-state index in [2.05, 4.69) is 20.6 Å². The summed E-state index contributed by atoms with van der Waals surface area (Å²) in [5.41, 5.74) is 1.54. The van der Waals surface area contributed by atoms with Gasteiger partial charge in [-0.1, -0.05) is 23.2 Å². The van der Waals surface area contributed by atoms with E-state index >= 15 is 0 Å². The molecule has 128 valence electrons. The van der Waals surface area contributed by atoms with Crippen molar-refractivity contribution < 1.29 is 4.74 Å². The second-order valence-corrected chi connectivity index (χ2v) is 5.94. The van der Waals surface area contributed by atoms with Crippen molar-refractivity contribution in [2.24, 2.45) is 0 Å². The molecule has 2 N–H and O–H groups in total. The lowest BCUT2D eigenvalue weighted by molar-refractivity contribution is 0.340. The first-order valence-corrected chi connectivity index (χ1v) is 8.44. The van der Waals surface area contributed by atoms with Gasteiger partial charge in [0.2, 0.25) is 5.95 Å². The highest BCUT2D eigenvalue weighted by Crippen LogP contribution is 2.28. The van der Waals surface area contributed by atoms with Gasteiger partial charge in [-0.05, 0) is 55.5 Å². The molecule has 5 nitrogen and oxygen atoms in total. The molecule has 2 aromatic carbocycles. The summed E-state index contributed by atoms with van der Waals surface area (Å²) in [6.07, 6.45) is 1.66. The van der Waals surface area contributed by atoms with Gasteiger partial charge in [0.15, 0.2) is 0 Å². The summed E-state index contributed by atoms with van der Waals surface area (Å²) in [4.78, 5) is 8.65. The molecule has 0 saturated carbocycles. The number of halogens is 2. The molecule has 0 radical (unpaired) electrons. The molecule has 0 aliphatic heterocycles. The van der Waals surface area contributed by atoms with Crippen LogP contribution < -0.4 is 15.4 Å². The van der Waals surface area contributed by atoms with Crippen LogP contribution in [-0.2, 0) is 0 Å². The molecule has 0 saturated heterocycles. The van der Waals surface area contributed by atoms with Crippen LogP contribution in [0.15, 0.2) is 54.7 Å². The summed E-state index contributed by atoms with van der Waals surface area (Å²) in [5, 5.41) is 7.44. The Bertz CT molecular complexity index is 856. The molecule has 0 spiro atoms. The Morgan fingerprint density at radius 3 is 2.56 bits per heavy atom. The molecular formula is C18H16Cl2N4O. The van der Waals surface area contributed by atoms with Crippen molar-refractivity contribution in [3.8, 4) is 5.75 Å². The fraction of sp³-hybridized carbons (Fsp3) is 0.111. The van der Waals surface area contributed by atoms with Crippen LogP contribution in [-0.4, -0.2) is 16.6 Å². The van der Waals surface area contributed by atoms with Crippen LogP contribution in [0.2, 0.25) is 10.0 Å². The summed E-state index contributed by atoms with van der Waals surface area (Å²) < 4.78 is 5.43. The standard InChI is InChI=1S/C18H16Cl2N4O/c1-2-25-14-6-4-13(5-7-14)22-18-21-10-9-17(24-18)23-16-11-12(19)3-8-15(16)20/h3-11H,2H2,1H3,(H2,21,22,23,24). The molecule has 25 heavy (non-hydrogen) atoms. The average molecular weight is 375 g/mol. The second-order valence-electron chi connectivity index (χ2n) is 5.10. The Balaban J connectivity index is 1.74. The molecule has 7 heteroatoms. The molecule has 0 fully saturated rings. The van der Waals surface area contributed by atoms with Gasteiger partial charge in [0, 0.05) is 16.9 Å². The van der Waals surface area contributed by atoms with E-state index in [0.29, 0.717) is 34.1 Å². The van der Waals surface area contributed by atoms with Crippen LogP contribution >= 0.6 is 23.2 Å². The number of hydrogen-bond donors (Lipinski definition) is 2. The monoisotopic (exact) mass is 374 g/mol. The van der Waals surface area contributed by atoms with Gasteiger partial charge < -0.3 is 15.4 Å². The van der Waals surface area contributed by atoms with Crippen molar-refractivity contribution in [3.05, 3.63) is 64.8 Å². The molecule has 3 aromatic rings. The quantitative estimate of drug-likeness (QED) is 0.581. The Morgan fingerprint density at radius 1 is 1.00 bits per heavy atom. The van der Waals surface area contributed by atoms with Crippen molar-refractivity contribution >= 4 is 46.3 Å². The molecule has 0 aliphatic rings. The predicted molar refractivity (Wildman–Crippen MR) is 103 cm³/mol. The summed E-state index contributed by atoms with van der Waals surface area (Å²) in [6.45, 7) is 2.58. The van der Waals surface area contributed by atoms with E-state index < -0.39 is 0 Å². The van der Waals surface area contributed by atoms with E-state index in [-0.39, 0.29) is 0 Å². The normalized spacial score (nSPS) is 10.4. The smallest absolute Gasteiger partial charge is 0.229 e. The third kappa shape index (κ3) is 4.75. The molecule has 1 heterocycles. The van der Waals surface area contributed by atoms with Gasteiger partial charge in [-0.3, -0.25) is 0 Å². The molecule has 1 aromatic heterocycles. The van der Waals surface area contributed by atoms with Crippen LogP contribution in [0.25, 0.3) is 0 Å². The summed E-state index contributed by atoms with van der Waals surface area (Å²) in [5.74, 6) is 1.89. The third-order valence-electron chi connectivity index (χ3n) is 3.27. The van der Waals surface area contributed by atoms with Gasteiger partial charge in [-0.2, -0.15) is 4.98 Å². The van der Waals surface area contributed by atoms with Gasteiger partial charge in [-0.15, -0.1) is 0 Å². The van der Waals surface area contributed by atoms with Gasteiger partial charge in [0.05, 0.1) is 17.3 Å². The first-order valence-electron chi connectivity index (χ1n) is 7.69. The summed E-state index contributed by atoms with van der Waals surface area (Å²) in [6, 6.07) is 14.5. The number of hydrogen-bond acceptors (Lipinski definition) is 5. The lowest BCUT2D eigenvalue weighted by Gasteiger charge is -2.10.